The van der Waals surface area contributed by atoms with Crippen LogP contribution in [0.3, 0.4) is 0 Å². The van der Waals surface area contributed by atoms with Crippen molar-refractivity contribution in [2.75, 3.05) is 26.7 Å². The Morgan fingerprint density at radius 1 is 0.926 bits per heavy atom. The Kier molecular flexibility index (Phi) is 6.24. The Bertz CT molecular complexity index is 912. The first-order valence-electron chi connectivity index (χ1n) is 8.59. The highest BCUT2D eigenvalue weighted by atomic mass is 35.5. The Hall–Kier alpha value is -2.66. The molecule has 0 fully saturated rings. The largest absolute Gasteiger partial charge is 0.497 e. The maximum atomic E-state index is 6.09. The standard InChI is InChI=1S/C21H22ClNO4/c1-14-18(25-3)9-8-17-19(12-20(23-21(14)17)26-11-10-22)27-13-15-4-6-16(24-2)7-5-15/h4-9,12H,10-11,13H2,1-3H3. The van der Waals surface area contributed by atoms with E-state index in [-0.39, 0.29) is 0 Å². The second-order valence-electron chi connectivity index (χ2n) is 5.92. The van der Waals surface area contributed by atoms with Gasteiger partial charge in [-0.25, -0.2) is 4.98 Å². The van der Waals surface area contributed by atoms with Crippen molar-refractivity contribution in [1.82, 2.24) is 4.98 Å². The molecule has 2 aromatic carbocycles. The zero-order chi connectivity index (χ0) is 19.2. The van der Waals surface area contributed by atoms with E-state index in [0.717, 1.165) is 33.5 Å². The molecule has 0 amide bonds. The van der Waals surface area contributed by atoms with Gasteiger partial charge in [0.25, 0.3) is 0 Å². The van der Waals surface area contributed by atoms with Crippen molar-refractivity contribution in [3.05, 3.63) is 53.6 Å². The molecule has 0 aliphatic rings. The van der Waals surface area contributed by atoms with E-state index in [9.17, 15) is 0 Å². The van der Waals surface area contributed by atoms with E-state index in [4.69, 9.17) is 30.5 Å². The zero-order valence-electron chi connectivity index (χ0n) is 15.6. The summed E-state index contributed by atoms with van der Waals surface area (Å²) in [6, 6.07) is 13.4. The van der Waals surface area contributed by atoms with Gasteiger partial charge in [-0.3, -0.25) is 0 Å². The molecule has 1 aromatic heterocycles. The number of fused-ring (bicyclic) bond motifs is 1. The summed E-state index contributed by atoms with van der Waals surface area (Å²) in [4.78, 5) is 4.60. The summed E-state index contributed by atoms with van der Waals surface area (Å²) in [6.07, 6.45) is 0. The number of ether oxygens (including phenoxy) is 4. The third-order valence-corrected chi connectivity index (χ3v) is 4.38. The zero-order valence-corrected chi connectivity index (χ0v) is 16.4. The van der Waals surface area contributed by atoms with Gasteiger partial charge in [0.05, 0.1) is 25.6 Å². The van der Waals surface area contributed by atoms with E-state index < -0.39 is 0 Å². The van der Waals surface area contributed by atoms with E-state index in [1.165, 1.54) is 0 Å². The van der Waals surface area contributed by atoms with Gasteiger partial charge in [0.2, 0.25) is 5.88 Å². The van der Waals surface area contributed by atoms with E-state index in [1.54, 1.807) is 20.3 Å². The molecule has 6 heteroatoms. The number of pyridine rings is 1. The van der Waals surface area contributed by atoms with Crippen LogP contribution in [-0.4, -0.2) is 31.7 Å². The molecule has 0 spiro atoms. The van der Waals surface area contributed by atoms with Crippen LogP contribution in [0, 0.1) is 6.92 Å². The quantitative estimate of drug-likeness (QED) is 0.522. The van der Waals surface area contributed by atoms with Crippen LogP contribution < -0.4 is 18.9 Å². The summed E-state index contributed by atoms with van der Waals surface area (Å²) >= 11 is 5.74. The smallest absolute Gasteiger partial charge is 0.217 e. The van der Waals surface area contributed by atoms with Gasteiger partial charge in [-0.05, 0) is 36.8 Å². The highest BCUT2D eigenvalue weighted by Crippen LogP contribution is 2.34. The number of hydrogen-bond donors (Lipinski definition) is 0. The summed E-state index contributed by atoms with van der Waals surface area (Å²) < 4.78 is 22.3. The third kappa shape index (κ3) is 4.37. The minimum atomic E-state index is 0.376. The lowest BCUT2D eigenvalue weighted by Gasteiger charge is -2.14. The number of aromatic nitrogens is 1. The van der Waals surface area contributed by atoms with Crippen LogP contribution >= 0.6 is 11.6 Å². The van der Waals surface area contributed by atoms with E-state index in [2.05, 4.69) is 4.98 Å². The molecule has 5 nitrogen and oxygen atoms in total. The minimum Gasteiger partial charge on any atom is -0.497 e. The van der Waals surface area contributed by atoms with Crippen LogP contribution in [0.25, 0.3) is 10.9 Å². The second-order valence-corrected chi connectivity index (χ2v) is 6.30. The summed E-state index contributed by atoms with van der Waals surface area (Å²) in [6.45, 7) is 2.76. The predicted octanol–water partition coefficient (Wildman–Crippen LogP) is 4.76. The minimum absolute atomic E-state index is 0.376. The summed E-state index contributed by atoms with van der Waals surface area (Å²) in [5, 5.41) is 0.903. The molecule has 1 heterocycles. The van der Waals surface area contributed by atoms with Crippen molar-refractivity contribution >= 4 is 22.5 Å². The van der Waals surface area contributed by atoms with Crippen LogP contribution in [0.4, 0.5) is 0 Å². The average Bonchev–Trinajstić information content (AvgIpc) is 2.71. The van der Waals surface area contributed by atoms with Crippen molar-refractivity contribution in [3.8, 4) is 23.1 Å². The number of methoxy groups -OCH3 is 2. The van der Waals surface area contributed by atoms with E-state index in [0.29, 0.717) is 30.7 Å². The molecule has 3 rings (SSSR count). The number of halogens is 1. The molecule has 3 aromatic rings. The Morgan fingerprint density at radius 3 is 2.37 bits per heavy atom. The van der Waals surface area contributed by atoms with Gasteiger partial charge < -0.3 is 18.9 Å². The van der Waals surface area contributed by atoms with Crippen molar-refractivity contribution in [2.24, 2.45) is 0 Å². The first kappa shape index (κ1) is 19.1. The van der Waals surface area contributed by atoms with Gasteiger partial charge >= 0.3 is 0 Å². The monoisotopic (exact) mass is 387 g/mol. The van der Waals surface area contributed by atoms with E-state index in [1.807, 2.05) is 43.3 Å². The highest BCUT2D eigenvalue weighted by molar-refractivity contribution is 6.18. The molecule has 0 radical (unpaired) electrons. The molecule has 0 saturated heterocycles. The Morgan fingerprint density at radius 2 is 1.70 bits per heavy atom. The maximum absolute atomic E-state index is 6.09. The van der Waals surface area contributed by atoms with Crippen molar-refractivity contribution in [3.63, 3.8) is 0 Å². The summed E-state index contributed by atoms with van der Waals surface area (Å²) in [5.41, 5.74) is 2.75. The van der Waals surface area contributed by atoms with Gasteiger partial charge in [-0.15, -0.1) is 11.6 Å². The molecular formula is C21H22ClNO4. The van der Waals surface area contributed by atoms with Gasteiger partial charge in [0, 0.05) is 17.0 Å². The van der Waals surface area contributed by atoms with E-state index >= 15 is 0 Å². The molecule has 0 aliphatic carbocycles. The fourth-order valence-electron chi connectivity index (χ4n) is 2.80. The lowest BCUT2D eigenvalue weighted by Crippen LogP contribution is -2.03. The van der Waals surface area contributed by atoms with Crippen molar-refractivity contribution in [1.29, 1.82) is 0 Å². The Labute approximate surface area is 163 Å². The van der Waals surface area contributed by atoms with Crippen LogP contribution in [0.2, 0.25) is 0 Å². The fourth-order valence-corrected chi connectivity index (χ4v) is 2.87. The topological polar surface area (TPSA) is 49.8 Å². The lowest BCUT2D eigenvalue weighted by atomic mass is 10.1. The molecule has 142 valence electrons. The van der Waals surface area contributed by atoms with Crippen molar-refractivity contribution in [2.45, 2.75) is 13.5 Å². The predicted molar refractivity (Wildman–Crippen MR) is 107 cm³/mol. The average molecular weight is 388 g/mol. The summed E-state index contributed by atoms with van der Waals surface area (Å²) in [5.74, 6) is 3.15. The molecule has 0 N–H and O–H groups in total. The number of benzene rings is 2. The second kappa shape index (κ2) is 8.82. The molecular weight excluding hydrogens is 366 g/mol. The van der Waals surface area contributed by atoms with Crippen molar-refractivity contribution < 1.29 is 18.9 Å². The number of rotatable bonds is 8. The number of aryl methyl sites for hydroxylation is 1. The molecule has 0 unspecified atom stereocenters. The maximum Gasteiger partial charge on any atom is 0.217 e. The Balaban J connectivity index is 1.94. The third-order valence-electron chi connectivity index (χ3n) is 4.22. The molecule has 27 heavy (non-hydrogen) atoms. The molecule has 0 saturated carbocycles. The van der Waals surface area contributed by atoms with Crippen LogP contribution in [-0.2, 0) is 6.61 Å². The highest BCUT2D eigenvalue weighted by Gasteiger charge is 2.13. The first-order chi connectivity index (χ1) is 13.2. The summed E-state index contributed by atoms with van der Waals surface area (Å²) in [7, 11) is 3.29. The SMILES string of the molecule is COc1ccc(COc2cc(OCCCl)nc3c(C)c(OC)ccc23)cc1. The first-order valence-corrected chi connectivity index (χ1v) is 9.12. The lowest BCUT2D eigenvalue weighted by molar-refractivity contribution is 0.300. The van der Waals surface area contributed by atoms with Gasteiger partial charge in [-0.2, -0.15) is 0 Å². The van der Waals surface area contributed by atoms with Gasteiger partial charge in [-0.1, -0.05) is 12.1 Å². The number of alkyl halides is 1. The van der Waals surface area contributed by atoms with Crippen LogP contribution in [0.15, 0.2) is 42.5 Å². The van der Waals surface area contributed by atoms with Gasteiger partial charge in [0.15, 0.2) is 0 Å². The van der Waals surface area contributed by atoms with Gasteiger partial charge in [0.1, 0.15) is 30.5 Å². The number of nitrogens with zero attached hydrogens (tertiary/aromatic N) is 1. The van der Waals surface area contributed by atoms with Crippen LogP contribution in [0.1, 0.15) is 11.1 Å². The van der Waals surface area contributed by atoms with Crippen LogP contribution in [0.5, 0.6) is 23.1 Å². The normalized spacial score (nSPS) is 10.7. The molecule has 0 aliphatic heterocycles. The fraction of sp³-hybridized carbons (Fsp3) is 0.286. The molecule has 0 atom stereocenters. The molecule has 0 bridgehead atoms. The number of hydrogen-bond acceptors (Lipinski definition) is 5.